The van der Waals surface area contributed by atoms with E-state index in [-0.39, 0.29) is 5.41 Å². The summed E-state index contributed by atoms with van der Waals surface area (Å²) in [6, 6.07) is 3.94. The predicted molar refractivity (Wildman–Crippen MR) is 61.8 cm³/mol. The summed E-state index contributed by atoms with van der Waals surface area (Å²) in [5.74, 6) is 0.897. The summed E-state index contributed by atoms with van der Waals surface area (Å²) >= 11 is 0. The van der Waals surface area contributed by atoms with Crippen molar-refractivity contribution in [1.82, 2.24) is 15.0 Å². The van der Waals surface area contributed by atoms with Crippen LogP contribution >= 0.6 is 0 Å². The van der Waals surface area contributed by atoms with Crippen LogP contribution in [0.5, 0.6) is 0 Å². The Morgan fingerprint density at radius 1 is 1.38 bits per heavy atom. The van der Waals surface area contributed by atoms with Crippen LogP contribution in [0.2, 0.25) is 0 Å². The molecule has 1 aliphatic carbocycles. The van der Waals surface area contributed by atoms with E-state index >= 15 is 0 Å². The van der Waals surface area contributed by atoms with Gasteiger partial charge in [-0.1, -0.05) is 0 Å². The summed E-state index contributed by atoms with van der Waals surface area (Å²) in [5, 5.41) is 0. The Hall–Kier alpha value is -1.68. The second-order valence-electron chi connectivity index (χ2n) is 4.35. The van der Waals surface area contributed by atoms with Crippen molar-refractivity contribution >= 4 is 0 Å². The molecule has 0 atom stereocenters. The minimum atomic E-state index is 0.0618. The highest BCUT2D eigenvalue weighted by molar-refractivity contribution is 5.57. The van der Waals surface area contributed by atoms with Gasteiger partial charge in [0.05, 0.1) is 5.69 Å². The molecule has 0 aromatic carbocycles. The van der Waals surface area contributed by atoms with Gasteiger partial charge in [0.1, 0.15) is 5.82 Å². The van der Waals surface area contributed by atoms with E-state index < -0.39 is 0 Å². The molecule has 4 heteroatoms. The SMILES string of the molecule is NCC1(c2nccc(-c3cc[nH]c3)n2)CC1. The number of nitrogens with zero attached hydrogens (tertiary/aromatic N) is 2. The van der Waals surface area contributed by atoms with E-state index in [0.717, 1.165) is 29.9 Å². The quantitative estimate of drug-likeness (QED) is 0.812. The van der Waals surface area contributed by atoms with Crippen molar-refractivity contribution in [2.45, 2.75) is 18.3 Å². The molecule has 0 amide bonds. The van der Waals surface area contributed by atoms with Crippen LogP contribution in [0.3, 0.4) is 0 Å². The molecule has 2 aromatic heterocycles. The molecule has 82 valence electrons. The van der Waals surface area contributed by atoms with Crippen molar-refractivity contribution in [2.75, 3.05) is 6.54 Å². The molecule has 1 saturated carbocycles. The van der Waals surface area contributed by atoms with Crippen molar-refractivity contribution in [3.63, 3.8) is 0 Å². The van der Waals surface area contributed by atoms with Crippen molar-refractivity contribution in [3.8, 4) is 11.3 Å². The summed E-state index contributed by atoms with van der Waals surface area (Å²) in [6.07, 6.45) is 7.88. The van der Waals surface area contributed by atoms with E-state index in [0.29, 0.717) is 6.54 Å². The fourth-order valence-corrected chi connectivity index (χ4v) is 1.93. The second kappa shape index (κ2) is 3.42. The van der Waals surface area contributed by atoms with Gasteiger partial charge in [0.15, 0.2) is 0 Å². The van der Waals surface area contributed by atoms with Gasteiger partial charge in [-0.25, -0.2) is 9.97 Å². The summed E-state index contributed by atoms with van der Waals surface area (Å²) in [7, 11) is 0. The van der Waals surface area contributed by atoms with Gasteiger partial charge in [0.2, 0.25) is 0 Å². The highest BCUT2D eigenvalue weighted by Crippen LogP contribution is 2.45. The number of H-pyrrole nitrogens is 1. The second-order valence-corrected chi connectivity index (χ2v) is 4.35. The molecule has 3 N–H and O–H groups in total. The molecule has 16 heavy (non-hydrogen) atoms. The van der Waals surface area contributed by atoms with Crippen molar-refractivity contribution in [2.24, 2.45) is 5.73 Å². The fourth-order valence-electron chi connectivity index (χ4n) is 1.93. The molecule has 0 bridgehead atoms. The summed E-state index contributed by atoms with van der Waals surface area (Å²) in [4.78, 5) is 12.0. The average Bonchev–Trinajstić information content (AvgIpc) is 2.95. The van der Waals surface area contributed by atoms with E-state index in [1.807, 2.05) is 30.7 Å². The Morgan fingerprint density at radius 2 is 2.25 bits per heavy atom. The molecule has 0 aliphatic heterocycles. The molecule has 2 aromatic rings. The summed E-state index contributed by atoms with van der Waals surface area (Å²) in [6.45, 7) is 0.642. The van der Waals surface area contributed by atoms with Crippen LogP contribution in [-0.2, 0) is 5.41 Å². The van der Waals surface area contributed by atoms with Crippen LogP contribution in [-0.4, -0.2) is 21.5 Å². The van der Waals surface area contributed by atoms with E-state index in [4.69, 9.17) is 5.73 Å². The Bertz CT molecular complexity index is 485. The molecule has 3 rings (SSSR count). The van der Waals surface area contributed by atoms with Crippen LogP contribution in [0.15, 0.2) is 30.7 Å². The van der Waals surface area contributed by atoms with Gasteiger partial charge in [-0.15, -0.1) is 0 Å². The van der Waals surface area contributed by atoms with Crippen LogP contribution in [0, 0.1) is 0 Å². The van der Waals surface area contributed by atoms with E-state index in [2.05, 4.69) is 15.0 Å². The van der Waals surface area contributed by atoms with Crippen LogP contribution in [0.25, 0.3) is 11.3 Å². The largest absolute Gasteiger partial charge is 0.367 e. The molecular formula is C12H14N4. The topological polar surface area (TPSA) is 67.6 Å². The third kappa shape index (κ3) is 1.42. The number of hydrogen-bond donors (Lipinski definition) is 2. The highest BCUT2D eigenvalue weighted by atomic mass is 14.9. The maximum Gasteiger partial charge on any atom is 0.136 e. The lowest BCUT2D eigenvalue weighted by Gasteiger charge is -2.10. The number of rotatable bonds is 3. The zero-order chi connectivity index (χ0) is 11.0. The highest BCUT2D eigenvalue weighted by Gasteiger charge is 2.45. The number of aromatic amines is 1. The smallest absolute Gasteiger partial charge is 0.136 e. The first-order valence-corrected chi connectivity index (χ1v) is 5.51. The minimum Gasteiger partial charge on any atom is -0.367 e. The van der Waals surface area contributed by atoms with Crippen LogP contribution < -0.4 is 5.73 Å². The standard InChI is InChI=1S/C12H14N4/c13-8-12(3-4-12)11-15-6-2-10(16-11)9-1-5-14-7-9/h1-2,5-7,14H,3-4,8,13H2. The monoisotopic (exact) mass is 214 g/mol. The van der Waals surface area contributed by atoms with Gasteiger partial charge in [-0.3, -0.25) is 0 Å². The number of aromatic nitrogens is 3. The van der Waals surface area contributed by atoms with Gasteiger partial charge < -0.3 is 10.7 Å². The zero-order valence-corrected chi connectivity index (χ0v) is 8.98. The molecule has 0 saturated heterocycles. The third-order valence-electron chi connectivity index (χ3n) is 3.27. The third-order valence-corrected chi connectivity index (χ3v) is 3.27. The van der Waals surface area contributed by atoms with Gasteiger partial charge in [0.25, 0.3) is 0 Å². The number of nitrogens with one attached hydrogen (secondary N) is 1. The normalized spacial score (nSPS) is 17.3. The number of nitrogens with two attached hydrogens (primary N) is 1. The zero-order valence-electron chi connectivity index (χ0n) is 8.98. The van der Waals surface area contributed by atoms with Gasteiger partial charge in [-0.05, 0) is 25.0 Å². The summed E-state index contributed by atoms with van der Waals surface area (Å²) in [5.41, 5.74) is 7.90. The van der Waals surface area contributed by atoms with E-state index in [1.54, 1.807) is 0 Å². The molecule has 1 fully saturated rings. The average molecular weight is 214 g/mol. The Kier molecular flexibility index (Phi) is 2.04. The van der Waals surface area contributed by atoms with Crippen molar-refractivity contribution in [1.29, 1.82) is 0 Å². The molecule has 1 aliphatic rings. The predicted octanol–water partition coefficient (Wildman–Crippen LogP) is 1.46. The molecule has 0 spiro atoms. The van der Waals surface area contributed by atoms with Gasteiger partial charge >= 0.3 is 0 Å². The lowest BCUT2D eigenvalue weighted by Crippen LogP contribution is -2.22. The molecule has 0 unspecified atom stereocenters. The Morgan fingerprint density at radius 3 is 2.88 bits per heavy atom. The molecular weight excluding hydrogens is 200 g/mol. The first-order valence-electron chi connectivity index (χ1n) is 5.51. The van der Waals surface area contributed by atoms with Crippen LogP contribution in [0.1, 0.15) is 18.7 Å². The lowest BCUT2D eigenvalue weighted by atomic mass is 10.1. The van der Waals surface area contributed by atoms with Gasteiger partial charge in [0, 0.05) is 36.1 Å². The number of hydrogen-bond acceptors (Lipinski definition) is 3. The van der Waals surface area contributed by atoms with Crippen LogP contribution in [0.4, 0.5) is 0 Å². The minimum absolute atomic E-state index is 0.0618. The molecule has 2 heterocycles. The van der Waals surface area contributed by atoms with Crippen molar-refractivity contribution in [3.05, 3.63) is 36.5 Å². The Labute approximate surface area is 93.9 Å². The maximum absolute atomic E-state index is 5.78. The Balaban J connectivity index is 2.01. The maximum atomic E-state index is 5.78. The van der Waals surface area contributed by atoms with Crippen molar-refractivity contribution < 1.29 is 0 Å². The fraction of sp³-hybridized carbons (Fsp3) is 0.333. The summed E-state index contributed by atoms with van der Waals surface area (Å²) < 4.78 is 0. The lowest BCUT2D eigenvalue weighted by molar-refractivity contribution is 0.649. The van der Waals surface area contributed by atoms with Gasteiger partial charge in [-0.2, -0.15) is 0 Å². The van der Waals surface area contributed by atoms with E-state index in [1.165, 1.54) is 0 Å². The van der Waals surface area contributed by atoms with E-state index in [9.17, 15) is 0 Å². The first-order chi connectivity index (χ1) is 7.84. The first kappa shape index (κ1) is 9.54. The molecule has 4 nitrogen and oxygen atoms in total. The molecule has 0 radical (unpaired) electrons.